The van der Waals surface area contributed by atoms with E-state index in [2.05, 4.69) is 36.1 Å². The molecule has 0 amide bonds. The van der Waals surface area contributed by atoms with Crippen LogP contribution in [-0.4, -0.2) is 14.8 Å². The fourth-order valence-electron chi connectivity index (χ4n) is 2.04. The van der Waals surface area contributed by atoms with Crippen LogP contribution in [-0.2, 0) is 6.42 Å². The van der Waals surface area contributed by atoms with Crippen molar-refractivity contribution in [2.24, 2.45) is 5.73 Å². The van der Waals surface area contributed by atoms with E-state index in [0.717, 1.165) is 29.7 Å². The summed E-state index contributed by atoms with van der Waals surface area (Å²) in [6.45, 7) is 6.36. The van der Waals surface area contributed by atoms with E-state index < -0.39 is 0 Å². The maximum Gasteiger partial charge on any atom is 0.0643 e. The maximum atomic E-state index is 6.22. The Morgan fingerprint density at radius 2 is 2.16 bits per heavy atom. The van der Waals surface area contributed by atoms with Crippen molar-refractivity contribution in [3.05, 3.63) is 47.5 Å². The molecule has 0 saturated carbocycles. The molecule has 102 valence electrons. The molecule has 0 radical (unpaired) electrons. The highest BCUT2D eigenvalue weighted by molar-refractivity contribution is 5.21. The molecular formula is C15H22N4. The molecule has 4 heteroatoms. The van der Waals surface area contributed by atoms with Crippen LogP contribution in [0.2, 0.25) is 0 Å². The first-order valence-corrected chi connectivity index (χ1v) is 6.81. The summed E-state index contributed by atoms with van der Waals surface area (Å²) < 4.78 is 2.01. The van der Waals surface area contributed by atoms with Gasteiger partial charge in [0.15, 0.2) is 0 Å². The monoisotopic (exact) mass is 258 g/mol. The smallest absolute Gasteiger partial charge is 0.0643 e. The lowest BCUT2D eigenvalue weighted by Crippen LogP contribution is -2.14. The fourth-order valence-corrected chi connectivity index (χ4v) is 2.04. The van der Waals surface area contributed by atoms with Gasteiger partial charge in [-0.3, -0.25) is 9.67 Å². The second kappa shape index (κ2) is 5.97. The van der Waals surface area contributed by atoms with Crippen molar-refractivity contribution in [1.29, 1.82) is 0 Å². The minimum atomic E-state index is -0.0484. The van der Waals surface area contributed by atoms with E-state index >= 15 is 0 Å². The van der Waals surface area contributed by atoms with E-state index in [9.17, 15) is 0 Å². The molecule has 0 aliphatic rings. The average molecular weight is 258 g/mol. The van der Waals surface area contributed by atoms with Gasteiger partial charge in [-0.15, -0.1) is 0 Å². The van der Waals surface area contributed by atoms with Gasteiger partial charge in [0, 0.05) is 37.1 Å². The lowest BCUT2D eigenvalue weighted by Gasteiger charge is -2.11. The highest BCUT2D eigenvalue weighted by Gasteiger charge is 2.11. The molecule has 0 spiro atoms. The van der Waals surface area contributed by atoms with Gasteiger partial charge in [0.2, 0.25) is 0 Å². The number of aromatic nitrogens is 3. The third-order valence-electron chi connectivity index (χ3n) is 3.46. The van der Waals surface area contributed by atoms with E-state index in [1.165, 1.54) is 0 Å². The lowest BCUT2D eigenvalue weighted by atomic mass is 10.0. The zero-order valence-electron chi connectivity index (χ0n) is 11.9. The number of rotatable bonds is 5. The Morgan fingerprint density at radius 1 is 1.37 bits per heavy atom. The predicted molar refractivity (Wildman–Crippen MR) is 76.8 cm³/mol. The van der Waals surface area contributed by atoms with Crippen LogP contribution in [0.1, 0.15) is 49.2 Å². The third kappa shape index (κ3) is 3.41. The van der Waals surface area contributed by atoms with Crippen LogP contribution in [0.25, 0.3) is 0 Å². The number of aryl methyl sites for hydroxylation is 1. The first kappa shape index (κ1) is 13.7. The first-order valence-electron chi connectivity index (χ1n) is 6.81. The van der Waals surface area contributed by atoms with Crippen LogP contribution in [0.3, 0.4) is 0 Å². The highest BCUT2D eigenvalue weighted by atomic mass is 15.3. The number of nitrogens with two attached hydrogens (primary N) is 1. The van der Waals surface area contributed by atoms with Gasteiger partial charge in [0.25, 0.3) is 0 Å². The topological polar surface area (TPSA) is 56.7 Å². The SMILES string of the molecule is CCC(C)n1ccc(CC(N)c2cncc(C)c2)n1. The van der Waals surface area contributed by atoms with Gasteiger partial charge >= 0.3 is 0 Å². The molecule has 0 saturated heterocycles. The number of pyridine rings is 1. The van der Waals surface area contributed by atoms with Gasteiger partial charge in [-0.2, -0.15) is 5.10 Å². The van der Waals surface area contributed by atoms with Crippen LogP contribution in [0.4, 0.5) is 0 Å². The fraction of sp³-hybridized carbons (Fsp3) is 0.467. The second-order valence-electron chi connectivity index (χ2n) is 5.15. The lowest BCUT2D eigenvalue weighted by molar-refractivity contribution is 0.472. The summed E-state index contributed by atoms with van der Waals surface area (Å²) in [7, 11) is 0. The van der Waals surface area contributed by atoms with Crippen LogP contribution < -0.4 is 5.73 Å². The van der Waals surface area contributed by atoms with Gasteiger partial charge in [-0.25, -0.2) is 0 Å². The predicted octanol–water partition coefficient (Wildman–Crippen LogP) is 2.80. The molecule has 2 atom stereocenters. The van der Waals surface area contributed by atoms with E-state index in [1.54, 1.807) is 0 Å². The van der Waals surface area contributed by atoms with Crippen molar-refractivity contribution in [3.63, 3.8) is 0 Å². The van der Waals surface area contributed by atoms with E-state index in [1.807, 2.05) is 30.2 Å². The molecule has 2 aromatic rings. The van der Waals surface area contributed by atoms with E-state index in [0.29, 0.717) is 6.04 Å². The van der Waals surface area contributed by atoms with Crippen molar-refractivity contribution in [2.45, 2.75) is 45.7 Å². The molecule has 2 rings (SSSR count). The number of nitrogens with zero attached hydrogens (tertiary/aromatic N) is 3. The standard InChI is InChI=1S/C15H22N4/c1-4-12(3)19-6-5-14(18-19)8-15(16)13-7-11(2)9-17-10-13/h5-7,9-10,12,15H,4,8,16H2,1-3H3. The van der Waals surface area contributed by atoms with Gasteiger partial charge in [0.1, 0.15) is 0 Å². The average Bonchev–Trinajstić information content (AvgIpc) is 2.86. The zero-order valence-corrected chi connectivity index (χ0v) is 11.9. The van der Waals surface area contributed by atoms with Crippen LogP contribution in [0.5, 0.6) is 0 Å². The summed E-state index contributed by atoms with van der Waals surface area (Å²) in [6.07, 6.45) is 7.53. The van der Waals surface area contributed by atoms with Crippen LogP contribution in [0.15, 0.2) is 30.7 Å². The Kier molecular flexibility index (Phi) is 4.32. The third-order valence-corrected chi connectivity index (χ3v) is 3.46. The summed E-state index contributed by atoms with van der Waals surface area (Å²) in [4.78, 5) is 4.19. The van der Waals surface area contributed by atoms with Crippen molar-refractivity contribution in [1.82, 2.24) is 14.8 Å². The maximum absolute atomic E-state index is 6.22. The Morgan fingerprint density at radius 3 is 2.84 bits per heavy atom. The first-order chi connectivity index (χ1) is 9.10. The molecule has 2 N–H and O–H groups in total. The van der Waals surface area contributed by atoms with E-state index in [4.69, 9.17) is 5.73 Å². The summed E-state index contributed by atoms with van der Waals surface area (Å²) in [5.41, 5.74) is 9.47. The molecule has 0 aliphatic carbocycles. The van der Waals surface area contributed by atoms with Gasteiger partial charge in [-0.05, 0) is 37.5 Å². The summed E-state index contributed by atoms with van der Waals surface area (Å²) in [6, 6.07) is 4.52. The molecule has 2 aromatic heterocycles. The summed E-state index contributed by atoms with van der Waals surface area (Å²) in [5.74, 6) is 0. The van der Waals surface area contributed by atoms with Crippen molar-refractivity contribution in [3.8, 4) is 0 Å². The van der Waals surface area contributed by atoms with Crippen molar-refractivity contribution in [2.75, 3.05) is 0 Å². The molecule has 0 fully saturated rings. The molecular weight excluding hydrogens is 236 g/mol. The van der Waals surface area contributed by atoms with Crippen molar-refractivity contribution >= 4 is 0 Å². The van der Waals surface area contributed by atoms with Gasteiger partial charge in [0.05, 0.1) is 5.69 Å². The van der Waals surface area contributed by atoms with Crippen LogP contribution in [0, 0.1) is 6.92 Å². The van der Waals surface area contributed by atoms with Crippen LogP contribution >= 0.6 is 0 Å². The Hall–Kier alpha value is -1.68. The second-order valence-corrected chi connectivity index (χ2v) is 5.15. The Balaban J connectivity index is 2.06. The number of hydrogen-bond acceptors (Lipinski definition) is 3. The molecule has 2 unspecified atom stereocenters. The Labute approximate surface area is 114 Å². The quantitative estimate of drug-likeness (QED) is 0.897. The van der Waals surface area contributed by atoms with Gasteiger partial charge < -0.3 is 5.73 Å². The summed E-state index contributed by atoms with van der Waals surface area (Å²) >= 11 is 0. The molecule has 2 heterocycles. The van der Waals surface area contributed by atoms with E-state index in [-0.39, 0.29) is 6.04 Å². The van der Waals surface area contributed by atoms with Crippen molar-refractivity contribution < 1.29 is 0 Å². The zero-order chi connectivity index (χ0) is 13.8. The Bertz CT molecular complexity index is 532. The largest absolute Gasteiger partial charge is 0.324 e. The summed E-state index contributed by atoms with van der Waals surface area (Å²) in [5, 5.41) is 4.59. The van der Waals surface area contributed by atoms with Gasteiger partial charge in [-0.1, -0.05) is 13.0 Å². The minimum absolute atomic E-state index is 0.0484. The molecule has 4 nitrogen and oxygen atoms in total. The number of hydrogen-bond donors (Lipinski definition) is 1. The normalized spacial score (nSPS) is 14.3. The highest BCUT2D eigenvalue weighted by Crippen LogP contribution is 2.16. The molecule has 0 aliphatic heterocycles. The minimum Gasteiger partial charge on any atom is -0.324 e. The molecule has 0 aromatic carbocycles. The molecule has 19 heavy (non-hydrogen) atoms. The molecule has 0 bridgehead atoms.